The van der Waals surface area contributed by atoms with Crippen molar-refractivity contribution in [1.82, 2.24) is 4.90 Å². The number of carbonyl (C=O) groups excluding carboxylic acids is 2. The number of ketones is 1. The average Bonchev–Trinajstić information content (AvgIpc) is 2.55. The Labute approximate surface area is 101 Å². The Balaban J connectivity index is 1.94. The van der Waals surface area contributed by atoms with Gasteiger partial charge in [-0.2, -0.15) is 0 Å². The molecule has 2 aliphatic rings. The highest BCUT2D eigenvalue weighted by Crippen LogP contribution is 2.36. The van der Waals surface area contributed by atoms with Crippen LogP contribution in [0.25, 0.3) is 0 Å². The van der Waals surface area contributed by atoms with Crippen LogP contribution >= 0.6 is 0 Å². The molecule has 5 heteroatoms. The minimum atomic E-state index is -0.623. The van der Waals surface area contributed by atoms with E-state index in [4.69, 9.17) is 9.47 Å². The van der Waals surface area contributed by atoms with Gasteiger partial charge in [-0.15, -0.1) is 0 Å². The van der Waals surface area contributed by atoms with E-state index in [1.165, 1.54) is 0 Å². The van der Waals surface area contributed by atoms with Crippen molar-refractivity contribution < 1.29 is 19.1 Å². The van der Waals surface area contributed by atoms with E-state index in [9.17, 15) is 9.59 Å². The zero-order chi connectivity index (χ0) is 12.5. The molecular weight excluding hydrogens is 222 g/mol. The maximum atomic E-state index is 11.9. The van der Waals surface area contributed by atoms with E-state index in [0.29, 0.717) is 39.0 Å². The van der Waals surface area contributed by atoms with E-state index in [1.54, 1.807) is 11.8 Å². The zero-order valence-electron chi connectivity index (χ0n) is 10.4. The van der Waals surface area contributed by atoms with Crippen LogP contribution in [0, 0.1) is 0 Å². The SMILES string of the molecule is CCOC(=O)N1CCC2(CC1)OC(C)CC2=O. The highest BCUT2D eigenvalue weighted by molar-refractivity contribution is 5.89. The third-order valence-electron chi connectivity index (χ3n) is 3.50. The first kappa shape index (κ1) is 12.4. The molecule has 0 aromatic heterocycles. The van der Waals surface area contributed by atoms with Crippen LogP contribution in [0.3, 0.4) is 0 Å². The number of ether oxygens (including phenoxy) is 2. The molecule has 2 rings (SSSR count). The third-order valence-corrected chi connectivity index (χ3v) is 3.50. The monoisotopic (exact) mass is 241 g/mol. The molecule has 2 heterocycles. The fourth-order valence-electron chi connectivity index (χ4n) is 2.60. The maximum Gasteiger partial charge on any atom is 0.409 e. The Morgan fingerprint density at radius 3 is 2.65 bits per heavy atom. The van der Waals surface area contributed by atoms with Crippen LogP contribution in [0.15, 0.2) is 0 Å². The topological polar surface area (TPSA) is 55.8 Å². The fourth-order valence-corrected chi connectivity index (χ4v) is 2.60. The smallest absolute Gasteiger partial charge is 0.409 e. The van der Waals surface area contributed by atoms with Crippen LogP contribution in [-0.2, 0) is 14.3 Å². The fraction of sp³-hybridized carbons (Fsp3) is 0.833. The number of hydrogen-bond acceptors (Lipinski definition) is 4. The van der Waals surface area contributed by atoms with Crippen molar-refractivity contribution in [2.75, 3.05) is 19.7 Å². The number of hydrogen-bond donors (Lipinski definition) is 0. The lowest BCUT2D eigenvalue weighted by molar-refractivity contribution is -0.138. The predicted molar refractivity (Wildman–Crippen MR) is 60.7 cm³/mol. The number of amides is 1. The molecule has 96 valence electrons. The molecule has 0 aromatic carbocycles. The second kappa shape index (κ2) is 4.64. The van der Waals surface area contributed by atoms with Crippen molar-refractivity contribution >= 4 is 11.9 Å². The van der Waals surface area contributed by atoms with Crippen molar-refractivity contribution in [3.8, 4) is 0 Å². The normalized spacial score (nSPS) is 27.5. The molecule has 2 aliphatic heterocycles. The van der Waals surface area contributed by atoms with Gasteiger partial charge in [0.2, 0.25) is 0 Å². The van der Waals surface area contributed by atoms with Gasteiger partial charge in [0.15, 0.2) is 5.78 Å². The van der Waals surface area contributed by atoms with Crippen LogP contribution in [0.4, 0.5) is 4.79 Å². The van der Waals surface area contributed by atoms with Gasteiger partial charge in [0, 0.05) is 32.4 Å². The van der Waals surface area contributed by atoms with Crippen LogP contribution in [-0.4, -0.2) is 48.2 Å². The Bertz CT molecular complexity index is 320. The molecule has 5 nitrogen and oxygen atoms in total. The van der Waals surface area contributed by atoms with Crippen LogP contribution in [0.5, 0.6) is 0 Å². The number of piperidine rings is 1. The molecule has 17 heavy (non-hydrogen) atoms. The third kappa shape index (κ3) is 2.29. The summed E-state index contributed by atoms with van der Waals surface area (Å²) in [5.41, 5.74) is -0.623. The average molecular weight is 241 g/mol. The summed E-state index contributed by atoms with van der Waals surface area (Å²) in [4.78, 5) is 25.1. The largest absolute Gasteiger partial charge is 0.450 e. The number of likely N-dealkylation sites (tertiary alicyclic amines) is 1. The predicted octanol–water partition coefficient (Wildman–Crippen LogP) is 1.36. The first-order valence-electron chi connectivity index (χ1n) is 6.20. The standard InChI is InChI=1S/C12H19NO4/c1-3-16-11(15)13-6-4-12(5-7-13)10(14)8-9(2)17-12/h9H,3-8H2,1-2H3. The van der Waals surface area contributed by atoms with Crippen LogP contribution in [0.2, 0.25) is 0 Å². The minimum absolute atomic E-state index is 0.0108. The molecule has 1 amide bonds. The Morgan fingerprint density at radius 2 is 2.18 bits per heavy atom. The van der Waals surface area contributed by atoms with E-state index in [-0.39, 0.29) is 18.0 Å². The molecule has 0 bridgehead atoms. The van der Waals surface area contributed by atoms with Gasteiger partial charge >= 0.3 is 6.09 Å². The van der Waals surface area contributed by atoms with E-state index >= 15 is 0 Å². The number of nitrogens with zero attached hydrogens (tertiary/aromatic N) is 1. The van der Waals surface area contributed by atoms with Gasteiger partial charge in [-0.05, 0) is 13.8 Å². The van der Waals surface area contributed by atoms with E-state index in [1.807, 2.05) is 6.92 Å². The minimum Gasteiger partial charge on any atom is -0.450 e. The van der Waals surface area contributed by atoms with Gasteiger partial charge in [0.25, 0.3) is 0 Å². The molecule has 0 saturated carbocycles. The summed E-state index contributed by atoms with van der Waals surface area (Å²) in [5, 5.41) is 0. The summed E-state index contributed by atoms with van der Waals surface area (Å²) in [6.45, 7) is 5.17. The van der Waals surface area contributed by atoms with Gasteiger partial charge in [-0.25, -0.2) is 4.79 Å². The van der Waals surface area contributed by atoms with Crippen molar-refractivity contribution in [2.45, 2.75) is 44.8 Å². The van der Waals surface area contributed by atoms with Gasteiger partial charge < -0.3 is 14.4 Å². The zero-order valence-corrected chi connectivity index (χ0v) is 10.4. The molecule has 0 aromatic rings. The summed E-state index contributed by atoms with van der Waals surface area (Å²) in [6.07, 6.45) is 1.40. The van der Waals surface area contributed by atoms with Gasteiger partial charge in [-0.1, -0.05) is 0 Å². The second-order valence-electron chi connectivity index (χ2n) is 4.74. The second-order valence-corrected chi connectivity index (χ2v) is 4.74. The molecule has 2 fully saturated rings. The Kier molecular flexibility index (Phi) is 3.38. The van der Waals surface area contributed by atoms with Gasteiger partial charge in [-0.3, -0.25) is 4.79 Å². The van der Waals surface area contributed by atoms with Gasteiger partial charge in [0.1, 0.15) is 5.60 Å². The van der Waals surface area contributed by atoms with E-state index in [0.717, 1.165) is 0 Å². The highest BCUT2D eigenvalue weighted by atomic mass is 16.6. The molecule has 0 radical (unpaired) electrons. The van der Waals surface area contributed by atoms with Crippen molar-refractivity contribution in [1.29, 1.82) is 0 Å². The molecule has 0 N–H and O–H groups in total. The summed E-state index contributed by atoms with van der Waals surface area (Å²) < 4.78 is 10.7. The van der Waals surface area contributed by atoms with Crippen molar-refractivity contribution in [3.63, 3.8) is 0 Å². The number of rotatable bonds is 1. The summed E-state index contributed by atoms with van der Waals surface area (Å²) in [7, 11) is 0. The van der Waals surface area contributed by atoms with Crippen molar-refractivity contribution in [3.05, 3.63) is 0 Å². The molecule has 2 saturated heterocycles. The van der Waals surface area contributed by atoms with E-state index in [2.05, 4.69) is 0 Å². The Hall–Kier alpha value is -1.10. The molecule has 1 unspecified atom stereocenters. The van der Waals surface area contributed by atoms with E-state index < -0.39 is 5.60 Å². The van der Waals surface area contributed by atoms with Crippen LogP contribution < -0.4 is 0 Å². The first-order chi connectivity index (χ1) is 8.07. The van der Waals surface area contributed by atoms with Crippen molar-refractivity contribution in [2.24, 2.45) is 0 Å². The lowest BCUT2D eigenvalue weighted by Gasteiger charge is -2.37. The Morgan fingerprint density at radius 1 is 1.53 bits per heavy atom. The van der Waals surface area contributed by atoms with Gasteiger partial charge in [0.05, 0.1) is 12.7 Å². The molecule has 0 aliphatic carbocycles. The maximum absolute atomic E-state index is 11.9. The quantitative estimate of drug-likeness (QED) is 0.695. The lowest BCUT2D eigenvalue weighted by atomic mass is 9.87. The summed E-state index contributed by atoms with van der Waals surface area (Å²) in [5.74, 6) is 0.188. The lowest BCUT2D eigenvalue weighted by Crippen LogP contribution is -2.50. The highest BCUT2D eigenvalue weighted by Gasteiger charge is 2.48. The molecule has 1 spiro atoms. The number of Topliss-reactive ketones (excluding diaryl/α,β-unsaturated/α-hetero) is 1. The number of carbonyl (C=O) groups is 2. The summed E-state index contributed by atoms with van der Waals surface area (Å²) >= 11 is 0. The summed E-state index contributed by atoms with van der Waals surface area (Å²) in [6, 6.07) is 0. The molecule has 1 atom stereocenters. The van der Waals surface area contributed by atoms with Crippen LogP contribution in [0.1, 0.15) is 33.1 Å². The first-order valence-corrected chi connectivity index (χ1v) is 6.20. The molecular formula is C12H19NO4.